The van der Waals surface area contributed by atoms with Crippen molar-refractivity contribution in [2.24, 2.45) is 0 Å². The molecule has 0 fully saturated rings. The monoisotopic (exact) mass is 279 g/mol. The lowest BCUT2D eigenvalue weighted by Crippen LogP contribution is -2.13. The Bertz CT molecular complexity index is 579. The van der Waals surface area contributed by atoms with E-state index in [1.165, 1.54) is 0 Å². The van der Waals surface area contributed by atoms with Crippen molar-refractivity contribution in [3.05, 3.63) is 58.1 Å². The van der Waals surface area contributed by atoms with Crippen LogP contribution < -0.4 is 11.1 Å². The number of amides is 1. The highest BCUT2D eigenvalue weighted by molar-refractivity contribution is 6.40. The van der Waals surface area contributed by atoms with Crippen molar-refractivity contribution in [3.63, 3.8) is 0 Å². The normalized spacial score (nSPS) is 10.1. The third kappa shape index (κ3) is 2.75. The predicted molar refractivity (Wildman–Crippen MR) is 74.1 cm³/mol. The Morgan fingerprint density at radius 2 is 1.72 bits per heavy atom. The summed E-state index contributed by atoms with van der Waals surface area (Å²) in [6.45, 7) is 0. The first-order chi connectivity index (χ1) is 8.58. The lowest BCUT2D eigenvalue weighted by molar-refractivity contribution is 0.102. The van der Waals surface area contributed by atoms with Gasteiger partial charge in [-0.25, -0.2) is 0 Å². The first-order valence-electron chi connectivity index (χ1n) is 5.11. The topological polar surface area (TPSA) is 55.1 Å². The molecule has 2 aromatic rings. The molecule has 91 valence electrons. The van der Waals surface area contributed by atoms with Crippen molar-refractivity contribution in [2.75, 3.05) is 11.1 Å². The quantitative estimate of drug-likeness (QED) is 0.825. The fraction of sp³-hybridized carbons (Fsp3) is 0. The van der Waals surface area contributed by atoms with Crippen LogP contribution in [0.25, 0.3) is 0 Å². The Hall–Kier alpha value is -1.71. The van der Waals surface area contributed by atoms with E-state index in [2.05, 4.69) is 11.4 Å². The summed E-state index contributed by atoms with van der Waals surface area (Å²) in [5, 5.41) is 3.23. The van der Waals surface area contributed by atoms with E-state index in [0.29, 0.717) is 21.4 Å². The Kier molecular flexibility index (Phi) is 3.75. The third-order valence-corrected chi connectivity index (χ3v) is 2.89. The number of nitrogen functional groups attached to an aromatic ring is 1. The van der Waals surface area contributed by atoms with Crippen molar-refractivity contribution in [3.8, 4) is 0 Å². The highest BCUT2D eigenvalue weighted by Gasteiger charge is 2.14. The molecule has 2 aromatic carbocycles. The Morgan fingerprint density at radius 3 is 2.33 bits per heavy atom. The van der Waals surface area contributed by atoms with E-state index >= 15 is 0 Å². The van der Waals surface area contributed by atoms with Gasteiger partial charge >= 0.3 is 0 Å². The van der Waals surface area contributed by atoms with Crippen LogP contribution >= 0.6 is 23.2 Å². The lowest BCUT2D eigenvalue weighted by atomic mass is 10.2. The highest BCUT2D eigenvalue weighted by Crippen LogP contribution is 2.25. The van der Waals surface area contributed by atoms with Crippen molar-refractivity contribution in [2.45, 2.75) is 0 Å². The van der Waals surface area contributed by atoms with Gasteiger partial charge in [0, 0.05) is 11.8 Å². The van der Waals surface area contributed by atoms with Gasteiger partial charge < -0.3 is 11.1 Å². The number of benzene rings is 2. The molecule has 5 heteroatoms. The van der Waals surface area contributed by atoms with Gasteiger partial charge in [0.05, 0.1) is 21.3 Å². The molecule has 0 saturated carbocycles. The van der Waals surface area contributed by atoms with E-state index in [1.54, 1.807) is 36.4 Å². The number of nitrogens with two attached hydrogens (primary N) is 1. The number of nitrogens with one attached hydrogen (secondary N) is 1. The molecule has 3 nitrogen and oxygen atoms in total. The van der Waals surface area contributed by atoms with Gasteiger partial charge in [-0.15, -0.1) is 0 Å². The molecule has 0 heterocycles. The fourth-order valence-corrected chi connectivity index (χ4v) is 2.03. The molecule has 0 aliphatic heterocycles. The van der Waals surface area contributed by atoms with Gasteiger partial charge in [-0.3, -0.25) is 4.79 Å². The molecule has 1 radical (unpaired) electrons. The SMILES string of the molecule is Nc1[c]c(NC(=O)c2c(Cl)cccc2Cl)ccc1. The lowest BCUT2D eigenvalue weighted by Gasteiger charge is -2.08. The fourth-order valence-electron chi connectivity index (χ4n) is 1.46. The van der Waals surface area contributed by atoms with Crippen molar-refractivity contribution >= 4 is 40.5 Å². The van der Waals surface area contributed by atoms with Crippen LogP contribution in [0.5, 0.6) is 0 Å². The van der Waals surface area contributed by atoms with Crippen LogP contribution in [0.3, 0.4) is 0 Å². The van der Waals surface area contributed by atoms with Crippen LogP contribution in [-0.4, -0.2) is 5.91 Å². The van der Waals surface area contributed by atoms with Crippen LogP contribution in [0.1, 0.15) is 10.4 Å². The number of hydrogen-bond donors (Lipinski definition) is 2. The zero-order valence-electron chi connectivity index (χ0n) is 9.21. The number of halogens is 2. The first kappa shape index (κ1) is 12.7. The zero-order valence-corrected chi connectivity index (χ0v) is 10.7. The van der Waals surface area contributed by atoms with Gasteiger partial charge in [0.2, 0.25) is 0 Å². The van der Waals surface area contributed by atoms with E-state index < -0.39 is 5.91 Å². The summed E-state index contributed by atoms with van der Waals surface area (Å²) in [5.74, 6) is -0.396. The molecule has 0 spiro atoms. The van der Waals surface area contributed by atoms with Gasteiger partial charge in [0.15, 0.2) is 0 Å². The maximum Gasteiger partial charge on any atom is 0.258 e. The Balaban J connectivity index is 2.28. The van der Waals surface area contributed by atoms with E-state index in [4.69, 9.17) is 28.9 Å². The average molecular weight is 280 g/mol. The number of carbonyl (C=O) groups excluding carboxylic acids is 1. The van der Waals surface area contributed by atoms with E-state index in [1.807, 2.05) is 0 Å². The molecular weight excluding hydrogens is 271 g/mol. The smallest absolute Gasteiger partial charge is 0.258 e. The van der Waals surface area contributed by atoms with Gasteiger partial charge in [-0.2, -0.15) is 0 Å². The van der Waals surface area contributed by atoms with E-state index in [-0.39, 0.29) is 5.56 Å². The molecule has 0 bridgehead atoms. The van der Waals surface area contributed by atoms with Crippen LogP contribution in [0.2, 0.25) is 10.0 Å². The van der Waals surface area contributed by atoms with Crippen LogP contribution in [0.15, 0.2) is 36.4 Å². The summed E-state index contributed by atoms with van der Waals surface area (Å²) < 4.78 is 0. The minimum atomic E-state index is -0.396. The molecule has 0 saturated heterocycles. The highest BCUT2D eigenvalue weighted by atomic mass is 35.5. The maximum absolute atomic E-state index is 12.0. The molecule has 18 heavy (non-hydrogen) atoms. The molecule has 3 N–H and O–H groups in total. The summed E-state index contributed by atoms with van der Waals surface area (Å²) >= 11 is 11.9. The predicted octanol–water partition coefficient (Wildman–Crippen LogP) is 3.63. The van der Waals surface area contributed by atoms with Crippen molar-refractivity contribution < 1.29 is 4.79 Å². The number of rotatable bonds is 2. The summed E-state index contributed by atoms with van der Waals surface area (Å²) in [7, 11) is 0. The Morgan fingerprint density at radius 1 is 1.11 bits per heavy atom. The van der Waals surface area contributed by atoms with Crippen molar-refractivity contribution in [1.29, 1.82) is 0 Å². The minimum Gasteiger partial charge on any atom is -0.398 e. The van der Waals surface area contributed by atoms with Gasteiger partial charge in [0.25, 0.3) is 5.91 Å². The summed E-state index contributed by atoms with van der Waals surface area (Å²) in [5.41, 5.74) is 6.72. The molecule has 0 aromatic heterocycles. The largest absolute Gasteiger partial charge is 0.398 e. The van der Waals surface area contributed by atoms with Gasteiger partial charge in [0.1, 0.15) is 0 Å². The molecule has 0 aliphatic carbocycles. The molecule has 0 unspecified atom stereocenters. The standard InChI is InChI=1S/C13H9Cl2N2O/c14-10-5-2-6-11(15)12(10)13(18)17-9-4-1-3-8(16)7-9/h1-6H,16H2,(H,17,18). The summed E-state index contributed by atoms with van der Waals surface area (Å²) in [4.78, 5) is 12.0. The molecule has 1 amide bonds. The number of anilines is 2. The number of carbonyl (C=O) groups is 1. The van der Waals surface area contributed by atoms with Crippen LogP contribution in [-0.2, 0) is 0 Å². The van der Waals surface area contributed by atoms with Crippen LogP contribution in [0.4, 0.5) is 11.4 Å². The second-order valence-electron chi connectivity index (χ2n) is 3.57. The number of hydrogen-bond acceptors (Lipinski definition) is 2. The third-order valence-electron chi connectivity index (χ3n) is 2.26. The van der Waals surface area contributed by atoms with Gasteiger partial charge in [-0.05, 0) is 24.3 Å². The molecule has 0 aliphatic rings. The molecule has 0 atom stereocenters. The first-order valence-corrected chi connectivity index (χ1v) is 5.86. The summed E-state index contributed by atoms with van der Waals surface area (Å²) in [6, 6.07) is 12.8. The minimum absolute atomic E-state index is 0.233. The second-order valence-corrected chi connectivity index (χ2v) is 4.38. The van der Waals surface area contributed by atoms with E-state index in [9.17, 15) is 4.79 Å². The Labute approximate surface area is 115 Å². The zero-order chi connectivity index (χ0) is 13.1. The van der Waals surface area contributed by atoms with E-state index in [0.717, 1.165) is 0 Å². The van der Waals surface area contributed by atoms with Crippen LogP contribution in [0, 0.1) is 6.07 Å². The van der Waals surface area contributed by atoms with Crippen molar-refractivity contribution in [1.82, 2.24) is 0 Å². The maximum atomic E-state index is 12.0. The second kappa shape index (κ2) is 5.29. The van der Waals surface area contributed by atoms with Gasteiger partial charge in [-0.1, -0.05) is 35.3 Å². The molecular formula is C13H9Cl2N2O. The molecule has 2 rings (SSSR count). The average Bonchev–Trinajstić information content (AvgIpc) is 2.28. The summed E-state index contributed by atoms with van der Waals surface area (Å²) in [6.07, 6.45) is 0.